The molecule has 25 heteroatoms. The van der Waals surface area contributed by atoms with Gasteiger partial charge in [0.25, 0.3) is 0 Å². The van der Waals surface area contributed by atoms with Crippen molar-refractivity contribution in [3.8, 4) is 33.5 Å². The zero-order chi connectivity index (χ0) is 47.3. The third kappa shape index (κ3) is 6.31. The molecule has 0 saturated heterocycles. The van der Waals surface area contributed by atoms with Crippen molar-refractivity contribution in [3.63, 3.8) is 0 Å². The quantitative estimate of drug-likeness (QED) is 0.166. The summed E-state index contributed by atoms with van der Waals surface area (Å²) in [7, 11) is 49.0. The lowest BCUT2D eigenvalue weighted by atomic mass is 9.54. The van der Waals surface area contributed by atoms with Crippen LogP contribution in [-0.2, 0) is 0 Å². The van der Waals surface area contributed by atoms with Crippen molar-refractivity contribution < 1.29 is 0 Å². The van der Waals surface area contributed by atoms with Crippen LogP contribution in [0.1, 0.15) is 11.5 Å². The highest BCUT2D eigenvalue weighted by molar-refractivity contribution is 7.26. The highest BCUT2D eigenvalue weighted by atomic mass is 32.1. The first-order valence-electron chi connectivity index (χ1n) is 23.8. The molecule has 9 rings (SSSR count). The smallest absolute Gasteiger partial charge is 0.142 e. The molecule has 65 heavy (non-hydrogen) atoms. The lowest BCUT2D eigenvalue weighted by Crippen LogP contribution is -2.57. The fraction of sp³-hybridized carbons (Fsp3) is 0.0500. The maximum Gasteiger partial charge on any atom is 0.142 e. The summed E-state index contributed by atoms with van der Waals surface area (Å²) in [5.41, 5.74) is 42.2. The molecule has 3 nitrogen and oxygen atoms in total. The Morgan fingerprint density at radius 2 is 0.892 bits per heavy atom. The molecular weight excluding hydrogens is 782 g/mol. The van der Waals surface area contributed by atoms with Crippen molar-refractivity contribution in [2.24, 2.45) is 0 Å². The molecule has 2 aliphatic rings. The summed E-state index contributed by atoms with van der Waals surface area (Å²) in [5.74, 6) is 0.304. The Morgan fingerprint density at radius 1 is 0.431 bits per heavy atom. The van der Waals surface area contributed by atoms with Gasteiger partial charge in [0.2, 0.25) is 0 Å². The van der Waals surface area contributed by atoms with Crippen LogP contribution in [-0.4, -0.2) is 181 Å². The summed E-state index contributed by atoms with van der Waals surface area (Å²) in [6, 6.07) is 7.30. The number of hydrogen-bond acceptors (Lipinski definition) is 4. The molecule has 0 bridgehead atoms. The van der Waals surface area contributed by atoms with Crippen LogP contribution in [0.15, 0.2) is 46.4 Å². The van der Waals surface area contributed by atoms with Gasteiger partial charge in [0.1, 0.15) is 171 Å². The van der Waals surface area contributed by atoms with Gasteiger partial charge in [-0.15, -0.1) is 49.6 Å². The van der Waals surface area contributed by atoms with E-state index in [9.17, 15) is 0 Å². The van der Waals surface area contributed by atoms with Gasteiger partial charge in [0.15, 0.2) is 0 Å². The summed E-state index contributed by atoms with van der Waals surface area (Å²) in [6.07, 6.45) is 1.81. The average molecular weight is 830 g/mol. The van der Waals surface area contributed by atoms with Gasteiger partial charge in [-0.25, -0.2) is 9.97 Å². The predicted octanol–water partition coefficient (Wildman–Crippen LogP) is -23.2. The van der Waals surface area contributed by atoms with E-state index in [4.69, 9.17) is 9.97 Å². The van der Waals surface area contributed by atoms with Crippen LogP contribution in [0.4, 0.5) is 11.4 Å². The highest BCUT2D eigenvalue weighted by Crippen LogP contribution is 2.50. The van der Waals surface area contributed by atoms with Gasteiger partial charge in [-0.3, -0.25) is 0 Å². The van der Waals surface area contributed by atoms with E-state index in [1.54, 1.807) is 0 Å². The van der Waals surface area contributed by atoms with E-state index in [0.29, 0.717) is 5.92 Å². The second-order valence-corrected chi connectivity index (χ2v) is 21.4. The molecule has 0 fully saturated rings. The van der Waals surface area contributed by atoms with Gasteiger partial charge >= 0.3 is 0 Å². The Labute approximate surface area is 410 Å². The van der Waals surface area contributed by atoms with Crippen molar-refractivity contribution in [2.75, 3.05) is 4.90 Å². The number of hydrogen-bond donors (Lipinski definition) is 0. The number of nitrogens with zero attached hydrogens (tertiary/aromatic N) is 3. The second-order valence-electron chi connectivity index (χ2n) is 20.4. The topological polar surface area (TPSA) is 29.0 Å². The first-order valence-corrected chi connectivity index (χ1v) is 24.6. The van der Waals surface area contributed by atoms with Gasteiger partial charge in [0, 0.05) is 27.4 Å². The molecule has 0 amide bonds. The molecular formula is C40H48B21N3S. The number of thiophene rings is 1. The number of aromatic nitrogens is 2. The van der Waals surface area contributed by atoms with Crippen LogP contribution in [0, 0.1) is 0 Å². The molecule has 0 spiro atoms. The molecule has 3 heterocycles. The number of benzene rings is 5. The Morgan fingerprint density at radius 3 is 1.49 bits per heavy atom. The number of anilines is 2. The minimum absolute atomic E-state index is 0.208. The number of rotatable bonds is 4. The van der Waals surface area contributed by atoms with Crippen LogP contribution in [0.2, 0.25) is 0 Å². The lowest BCUT2D eigenvalue weighted by Gasteiger charge is -2.40. The molecule has 1 aliphatic heterocycles. The lowest BCUT2D eigenvalue weighted by molar-refractivity contribution is 0.722. The van der Waals surface area contributed by atoms with E-state index < -0.39 is 0 Å². The molecule has 0 N–H and O–H groups in total. The van der Waals surface area contributed by atoms with Crippen LogP contribution >= 0.6 is 11.3 Å². The average Bonchev–Trinajstić information content (AvgIpc) is 3.84. The zero-order valence-electron chi connectivity index (χ0n) is 43.2. The van der Waals surface area contributed by atoms with E-state index in [1.165, 1.54) is 170 Å². The third-order valence-corrected chi connectivity index (χ3v) is 19.1. The number of allylic oxidation sites excluding steroid dienone is 2. The Balaban J connectivity index is 1.25. The van der Waals surface area contributed by atoms with E-state index in [-0.39, 0.29) is 6.04 Å². The summed E-state index contributed by atoms with van der Waals surface area (Å²) in [5, 5.41) is 1.20. The zero-order valence-corrected chi connectivity index (χ0v) is 44.0. The van der Waals surface area contributed by atoms with Gasteiger partial charge in [0.05, 0.1) is 22.0 Å². The summed E-state index contributed by atoms with van der Waals surface area (Å²) < 4.78 is 2.40. The van der Waals surface area contributed by atoms with Gasteiger partial charge < -0.3 is 4.90 Å². The maximum atomic E-state index is 5.23. The summed E-state index contributed by atoms with van der Waals surface area (Å²) >= 11 is 1.84. The molecule has 1 aliphatic carbocycles. The molecule has 0 radical (unpaired) electrons. The van der Waals surface area contributed by atoms with Crippen LogP contribution in [0.25, 0.3) is 53.8 Å². The van der Waals surface area contributed by atoms with Crippen LogP contribution in [0.5, 0.6) is 0 Å². The Hall–Kier alpha value is -3.96. The Kier molecular flexibility index (Phi) is 11.4. The molecule has 2 aromatic heterocycles. The molecule has 7 aromatic rings. The van der Waals surface area contributed by atoms with Gasteiger partial charge in [-0.2, -0.15) is 0 Å². The van der Waals surface area contributed by atoms with Crippen LogP contribution < -0.4 is 97.8 Å². The third-order valence-electron chi connectivity index (χ3n) is 18.0. The fourth-order valence-electron chi connectivity index (χ4n) is 12.6. The van der Waals surface area contributed by atoms with E-state index in [1.807, 2.05) is 17.7 Å². The normalized spacial score (nSPS) is 15.9. The monoisotopic (exact) mass is 834 g/mol. The van der Waals surface area contributed by atoms with Crippen molar-refractivity contribution >= 4 is 301 Å². The first-order chi connectivity index (χ1) is 30.6. The van der Waals surface area contributed by atoms with Crippen molar-refractivity contribution in [3.05, 3.63) is 52.0 Å². The van der Waals surface area contributed by atoms with Crippen molar-refractivity contribution in [2.45, 2.75) is 12.0 Å². The first kappa shape index (κ1) is 46.2. The predicted molar refractivity (Wildman–Crippen MR) is 354 cm³/mol. The van der Waals surface area contributed by atoms with E-state index >= 15 is 0 Å². The molecule has 2 unspecified atom stereocenters. The van der Waals surface area contributed by atoms with E-state index in [2.05, 4.69) is 188 Å². The van der Waals surface area contributed by atoms with E-state index in [0.717, 1.165) is 15.9 Å². The minimum atomic E-state index is 0.208. The SMILES string of the molecule is BC1=C(B)C2c3c(B)c(B)c(B)c(B)c3N(c3c(B)c(B)c(B)c(-c4ncnc5c4sc4ccc(-c6c(B)c(B)c(-c7c(B)c(B)c(B)c(B)c7B)c(B)c6B)cc45)c3B)C2C(B)=C1B. The largest absolute Gasteiger partial charge is 0.336 e. The van der Waals surface area contributed by atoms with Crippen molar-refractivity contribution in [1.29, 1.82) is 0 Å². The number of fused-ring (bicyclic) bond motifs is 6. The molecule has 0 saturated carbocycles. The van der Waals surface area contributed by atoms with Gasteiger partial charge in [-0.05, 0) is 45.5 Å². The molecule has 5 aromatic carbocycles. The minimum Gasteiger partial charge on any atom is -0.336 e. The van der Waals surface area contributed by atoms with Crippen LogP contribution in [0.3, 0.4) is 0 Å². The molecule has 292 valence electrons. The summed E-state index contributed by atoms with van der Waals surface area (Å²) in [4.78, 5) is 13.1. The fourth-order valence-corrected chi connectivity index (χ4v) is 13.7. The Bertz CT molecular complexity index is 3380. The molecule has 2 atom stereocenters. The second kappa shape index (κ2) is 16.1. The van der Waals surface area contributed by atoms with Gasteiger partial charge in [-0.1, -0.05) is 82.6 Å². The summed E-state index contributed by atoms with van der Waals surface area (Å²) in [6.45, 7) is 0. The van der Waals surface area contributed by atoms with Crippen molar-refractivity contribution in [1.82, 2.24) is 9.97 Å². The standard InChI is InChI=1S/C40H48B21N3S/c41-14-8(15(42)17(44)9(16(14)43)10-18(45)24(51)29(56)25(52)19(10)46)5-1-2-7-6(3-5)35-40(65-7)36(63-4-62-35)13-22(49)28(55)34(61)39(23(13)50)64-37-11(20(47)26(53)30(57)32(37)59)12-21(48)27(54)31(58)33(60)38(12)64/h1-4,11,37H,41-61H2. The highest BCUT2D eigenvalue weighted by Gasteiger charge is 2.46. The maximum absolute atomic E-state index is 5.23.